The third-order valence-corrected chi connectivity index (χ3v) is 0.657. The molecular formula is C2H6O2Rh-. The molecule has 2 nitrogen and oxygen atoms in total. The van der Waals surface area contributed by atoms with Crippen LogP contribution in [0.4, 0.5) is 0 Å². The zero-order valence-electron chi connectivity index (χ0n) is 3.15. The molecule has 0 aliphatic carbocycles. The van der Waals surface area contributed by atoms with Gasteiger partial charge in [0.05, 0.1) is 0 Å². The van der Waals surface area contributed by atoms with Gasteiger partial charge in [-0.25, -0.2) is 0 Å². The van der Waals surface area contributed by atoms with Crippen molar-refractivity contribution in [3.05, 3.63) is 0 Å². The van der Waals surface area contributed by atoms with Crippen LogP contribution in [0.1, 0.15) is 0 Å². The summed E-state index contributed by atoms with van der Waals surface area (Å²) < 4.78 is 9.08. The first-order valence-corrected chi connectivity index (χ1v) is 2.43. The van der Waals surface area contributed by atoms with Gasteiger partial charge in [-0.15, -0.1) is 0 Å². The summed E-state index contributed by atoms with van der Waals surface area (Å²) in [5.41, 5.74) is 0. The molecule has 0 radical (unpaired) electrons. The molecule has 3 heteroatoms. The molecule has 0 atom stereocenters. The molecule has 0 saturated carbocycles. The summed E-state index contributed by atoms with van der Waals surface area (Å²) in [6.07, 6.45) is 0. The Hall–Kier alpha value is 0.543. The molecule has 5 heavy (non-hydrogen) atoms. The van der Waals surface area contributed by atoms with Crippen molar-refractivity contribution in [2.24, 2.45) is 0 Å². The molecule has 0 unspecified atom stereocenters. The second-order valence-corrected chi connectivity index (χ2v) is 1.94. The molecule has 0 N–H and O–H groups in total. The van der Waals surface area contributed by atoms with E-state index in [1.807, 2.05) is 0 Å². The predicted molar refractivity (Wildman–Crippen MR) is 14.0 cm³/mol. The van der Waals surface area contributed by atoms with E-state index in [2.05, 4.69) is 7.13 Å². The van der Waals surface area contributed by atoms with Crippen molar-refractivity contribution in [1.29, 1.82) is 0 Å². The minimum atomic E-state index is -0.0933. The third kappa shape index (κ3) is 4.54. The molecule has 0 aliphatic heterocycles. The van der Waals surface area contributed by atoms with E-state index < -0.39 is 0 Å². The van der Waals surface area contributed by atoms with Crippen molar-refractivity contribution in [3.63, 3.8) is 0 Å². The first-order chi connectivity index (χ1) is 2.41. The van der Waals surface area contributed by atoms with E-state index in [0.717, 1.165) is 0 Å². The van der Waals surface area contributed by atoms with Crippen LogP contribution in [-0.4, -0.2) is 14.2 Å². The standard InChI is InChI=1S/2CH3O.Rh/c2*1-2;/h2*1H3;/q2*-1;+1. The van der Waals surface area contributed by atoms with Gasteiger partial charge in [0, 0.05) is 0 Å². The van der Waals surface area contributed by atoms with Gasteiger partial charge in [0.15, 0.2) is 0 Å². The van der Waals surface area contributed by atoms with E-state index in [1.165, 1.54) is 0 Å². The van der Waals surface area contributed by atoms with Gasteiger partial charge in [-0.05, 0) is 0 Å². The van der Waals surface area contributed by atoms with Gasteiger partial charge in [0.2, 0.25) is 0 Å². The molecular weight excluding hydrogens is 159 g/mol. The second kappa shape index (κ2) is 4.54. The van der Waals surface area contributed by atoms with Crippen molar-refractivity contribution < 1.29 is 25.0 Å². The zero-order chi connectivity index (χ0) is 4.12. The van der Waals surface area contributed by atoms with Crippen molar-refractivity contribution in [2.75, 3.05) is 14.2 Å². The Balaban J connectivity index is 2.19. The summed E-state index contributed by atoms with van der Waals surface area (Å²) in [7, 11) is 3.24. The Labute approximate surface area is 39.9 Å². The van der Waals surface area contributed by atoms with E-state index in [0.29, 0.717) is 0 Å². The average molecular weight is 165 g/mol. The van der Waals surface area contributed by atoms with E-state index in [-0.39, 0.29) is 17.8 Å². The number of rotatable bonds is 2. The summed E-state index contributed by atoms with van der Waals surface area (Å²) in [6.45, 7) is 0. The summed E-state index contributed by atoms with van der Waals surface area (Å²) in [4.78, 5) is 0. The molecule has 0 heterocycles. The summed E-state index contributed by atoms with van der Waals surface area (Å²) in [5.74, 6) is 0. The fourth-order valence-corrected chi connectivity index (χ4v) is 0.329. The summed E-state index contributed by atoms with van der Waals surface area (Å²) in [5, 5.41) is 0. The zero-order valence-corrected chi connectivity index (χ0v) is 4.79. The quantitative estimate of drug-likeness (QED) is 0.543. The molecule has 0 bridgehead atoms. The van der Waals surface area contributed by atoms with Crippen molar-refractivity contribution >= 4 is 0 Å². The van der Waals surface area contributed by atoms with Crippen LogP contribution in [0, 0.1) is 0 Å². The second-order valence-electron chi connectivity index (χ2n) is 0.328. The molecule has 0 saturated heterocycles. The Morgan fingerprint density at radius 2 is 1.60 bits per heavy atom. The molecule has 0 fully saturated rings. The van der Waals surface area contributed by atoms with Crippen LogP contribution < -0.4 is 0 Å². The van der Waals surface area contributed by atoms with E-state index in [4.69, 9.17) is 0 Å². The monoisotopic (exact) mass is 165 g/mol. The third-order valence-electron chi connectivity index (χ3n) is 0.111. The van der Waals surface area contributed by atoms with Crippen LogP contribution >= 0.6 is 0 Å². The van der Waals surface area contributed by atoms with Gasteiger partial charge in [0.25, 0.3) is 0 Å². The maximum atomic E-state index is 4.54. The van der Waals surface area contributed by atoms with Crippen LogP contribution in [0.25, 0.3) is 0 Å². The first kappa shape index (κ1) is 5.54. The minimum absolute atomic E-state index is 0.0933. The Bertz CT molecular complexity index is 15.1. The first-order valence-electron chi connectivity index (χ1n) is 1.09. The fourth-order valence-electron chi connectivity index (χ4n) is 0.0556. The Morgan fingerprint density at radius 3 is 1.60 bits per heavy atom. The van der Waals surface area contributed by atoms with E-state index in [9.17, 15) is 0 Å². The SMILES string of the molecule is C[O][Rh-][O]C. The van der Waals surface area contributed by atoms with Crippen LogP contribution in [0.3, 0.4) is 0 Å². The molecule has 0 aromatic carbocycles. The van der Waals surface area contributed by atoms with Crippen molar-refractivity contribution in [3.8, 4) is 0 Å². The molecule has 0 amide bonds. The van der Waals surface area contributed by atoms with Crippen molar-refractivity contribution in [1.82, 2.24) is 0 Å². The maximum absolute atomic E-state index is 4.54. The molecule has 0 aromatic rings. The molecule has 0 aromatic heterocycles. The van der Waals surface area contributed by atoms with Crippen LogP contribution in [0.5, 0.6) is 0 Å². The van der Waals surface area contributed by atoms with E-state index in [1.54, 1.807) is 14.2 Å². The predicted octanol–water partition coefficient (Wildman–Crippen LogP) is 0.192. The number of hydrogen-bond acceptors (Lipinski definition) is 2. The number of hydrogen-bond donors (Lipinski definition) is 0. The van der Waals surface area contributed by atoms with E-state index >= 15 is 0 Å². The molecule has 36 valence electrons. The van der Waals surface area contributed by atoms with Crippen LogP contribution in [-0.2, 0) is 25.0 Å². The fraction of sp³-hybridized carbons (Fsp3) is 1.00. The van der Waals surface area contributed by atoms with Gasteiger partial charge in [-0.3, -0.25) is 0 Å². The van der Waals surface area contributed by atoms with Gasteiger partial charge < -0.3 is 0 Å². The summed E-state index contributed by atoms with van der Waals surface area (Å²) >= 11 is -0.0933. The normalized spacial score (nSPS) is 9.20. The van der Waals surface area contributed by atoms with Gasteiger partial charge in [-0.2, -0.15) is 0 Å². The average Bonchev–Trinajstić information content (AvgIpc) is 1.41. The molecule has 0 rings (SSSR count). The van der Waals surface area contributed by atoms with Crippen molar-refractivity contribution in [2.45, 2.75) is 0 Å². The van der Waals surface area contributed by atoms with Crippen LogP contribution in [0.15, 0.2) is 0 Å². The van der Waals surface area contributed by atoms with Gasteiger partial charge in [0.1, 0.15) is 0 Å². The van der Waals surface area contributed by atoms with Crippen LogP contribution in [0.2, 0.25) is 0 Å². The Kier molecular flexibility index (Phi) is 5.04. The Morgan fingerprint density at radius 1 is 1.20 bits per heavy atom. The van der Waals surface area contributed by atoms with Gasteiger partial charge in [-0.1, -0.05) is 0 Å². The topological polar surface area (TPSA) is 18.5 Å². The van der Waals surface area contributed by atoms with Gasteiger partial charge >= 0.3 is 39.2 Å². The molecule has 0 spiro atoms. The summed E-state index contributed by atoms with van der Waals surface area (Å²) in [6, 6.07) is 0. The molecule has 0 aliphatic rings.